The molecule has 0 fully saturated rings. The molecule has 3 nitrogen and oxygen atoms in total. The normalized spacial score (nSPS) is 12.3. The minimum absolute atomic E-state index is 0.143. The summed E-state index contributed by atoms with van der Waals surface area (Å²) in [6, 6.07) is 2.80. The number of hydrogen-bond donors (Lipinski definition) is 2. The van der Waals surface area contributed by atoms with Crippen molar-refractivity contribution in [2.24, 2.45) is 5.73 Å². The summed E-state index contributed by atoms with van der Waals surface area (Å²) < 4.78 is 13.8. The van der Waals surface area contributed by atoms with E-state index in [0.717, 1.165) is 18.4 Å². The highest BCUT2D eigenvalue weighted by molar-refractivity contribution is 9.10. The van der Waals surface area contributed by atoms with Crippen LogP contribution in [0.3, 0.4) is 0 Å². The SMILES string of the molecule is CCCC(N)CC(=O)Nc1cc(F)c(Br)cc1C. The van der Waals surface area contributed by atoms with Gasteiger partial charge in [0, 0.05) is 18.2 Å². The third-order valence-electron chi connectivity index (χ3n) is 2.65. The van der Waals surface area contributed by atoms with E-state index >= 15 is 0 Å². The van der Waals surface area contributed by atoms with Crippen LogP contribution in [0.5, 0.6) is 0 Å². The fraction of sp³-hybridized carbons (Fsp3) is 0.462. The maximum atomic E-state index is 13.4. The van der Waals surface area contributed by atoms with Gasteiger partial charge in [-0.15, -0.1) is 0 Å². The summed E-state index contributed by atoms with van der Waals surface area (Å²) >= 11 is 3.10. The first-order chi connectivity index (χ1) is 8.43. The van der Waals surface area contributed by atoms with Gasteiger partial charge in [0.2, 0.25) is 5.91 Å². The topological polar surface area (TPSA) is 55.1 Å². The van der Waals surface area contributed by atoms with Crippen molar-refractivity contribution >= 4 is 27.5 Å². The van der Waals surface area contributed by atoms with Crippen molar-refractivity contribution in [3.8, 4) is 0 Å². The van der Waals surface area contributed by atoms with Gasteiger partial charge in [-0.25, -0.2) is 4.39 Å². The molecule has 0 aliphatic heterocycles. The number of amides is 1. The number of nitrogens with one attached hydrogen (secondary N) is 1. The Morgan fingerprint density at radius 3 is 2.83 bits per heavy atom. The highest BCUT2D eigenvalue weighted by atomic mass is 79.9. The van der Waals surface area contributed by atoms with E-state index < -0.39 is 5.82 Å². The molecule has 0 saturated carbocycles. The van der Waals surface area contributed by atoms with E-state index in [1.165, 1.54) is 6.07 Å². The van der Waals surface area contributed by atoms with Crippen molar-refractivity contribution in [3.63, 3.8) is 0 Å². The zero-order valence-electron chi connectivity index (χ0n) is 10.6. The fourth-order valence-corrected chi connectivity index (χ4v) is 2.15. The van der Waals surface area contributed by atoms with E-state index in [1.807, 2.05) is 13.8 Å². The Balaban J connectivity index is 2.67. The van der Waals surface area contributed by atoms with Crippen LogP contribution in [0, 0.1) is 12.7 Å². The highest BCUT2D eigenvalue weighted by Crippen LogP contribution is 2.24. The lowest BCUT2D eigenvalue weighted by atomic mass is 10.1. The number of hydrogen-bond acceptors (Lipinski definition) is 2. The molecule has 100 valence electrons. The molecule has 0 saturated heterocycles. The number of benzene rings is 1. The molecule has 1 unspecified atom stereocenters. The molecular formula is C13H18BrFN2O. The number of halogens is 2. The molecule has 1 rings (SSSR count). The van der Waals surface area contributed by atoms with Crippen LogP contribution in [-0.2, 0) is 4.79 Å². The van der Waals surface area contributed by atoms with Crippen LogP contribution in [-0.4, -0.2) is 11.9 Å². The van der Waals surface area contributed by atoms with Crippen molar-refractivity contribution in [2.45, 2.75) is 39.2 Å². The first-order valence-corrected chi connectivity index (χ1v) is 6.74. The molecule has 0 bridgehead atoms. The smallest absolute Gasteiger partial charge is 0.225 e. The van der Waals surface area contributed by atoms with Crippen LogP contribution in [0.4, 0.5) is 10.1 Å². The average molecular weight is 317 g/mol. The van der Waals surface area contributed by atoms with Gasteiger partial charge in [-0.05, 0) is 47.0 Å². The van der Waals surface area contributed by atoms with Crippen LogP contribution in [0.2, 0.25) is 0 Å². The van der Waals surface area contributed by atoms with Crippen LogP contribution >= 0.6 is 15.9 Å². The van der Waals surface area contributed by atoms with Crippen molar-refractivity contribution in [1.82, 2.24) is 0 Å². The number of anilines is 1. The van der Waals surface area contributed by atoms with E-state index in [2.05, 4.69) is 21.2 Å². The predicted molar refractivity (Wildman–Crippen MR) is 75.0 cm³/mol. The van der Waals surface area contributed by atoms with Crippen molar-refractivity contribution < 1.29 is 9.18 Å². The monoisotopic (exact) mass is 316 g/mol. The molecule has 3 N–H and O–H groups in total. The maximum absolute atomic E-state index is 13.4. The molecule has 18 heavy (non-hydrogen) atoms. The summed E-state index contributed by atoms with van der Waals surface area (Å²) in [5.74, 6) is -0.575. The van der Waals surface area contributed by atoms with Gasteiger partial charge in [0.25, 0.3) is 0 Å². The lowest BCUT2D eigenvalue weighted by Gasteiger charge is -2.12. The molecule has 0 spiro atoms. The zero-order chi connectivity index (χ0) is 13.7. The predicted octanol–water partition coefficient (Wildman–Crippen LogP) is 3.35. The Labute approximate surface area is 115 Å². The first-order valence-electron chi connectivity index (χ1n) is 5.95. The molecule has 0 heterocycles. The van der Waals surface area contributed by atoms with Crippen LogP contribution < -0.4 is 11.1 Å². The van der Waals surface area contributed by atoms with Gasteiger partial charge in [0.1, 0.15) is 5.82 Å². The Morgan fingerprint density at radius 2 is 2.22 bits per heavy atom. The Kier molecular flexibility index (Phi) is 5.75. The quantitative estimate of drug-likeness (QED) is 0.875. The summed E-state index contributed by atoms with van der Waals surface area (Å²) in [5, 5.41) is 2.69. The highest BCUT2D eigenvalue weighted by Gasteiger charge is 2.11. The molecule has 0 aliphatic rings. The van der Waals surface area contributed by atoms with E-state index in [-0.39, 0.29) is 18.4 Å². The number of rotatable bonds is 5. The second-order valence-corrected chi connectivity index (χ2v) is 5.24. The first kappa shape index (κ1) is 15.1. The van der Waals surface area contributed by atoms with Gasteiger partial charge >= 0.3 is 0 Å². The van der Waals surface area contributed by atoms with Gasteiger partial charge in [0.05, 0.1) is 4.47 Å². The summed E-state index contributed by atoms with van der Waals surface area (Å²) in [7, 11) is 0. The Hall–Kier alpha value is -0.940. The molecule has 0 aromatic heterocycles. The molecular weight excluding hydrogens is 299 g/mol. The maximum Gasteiger partial charge on any atom is 0.225 e. The van der Waals surface area contributed by atoms with E-state index in [0.29, 0.717) is 10.2 Å². The summed E-state index contributed by atoms with van der Waals surface area (Å²) in [6.45, 7) is 3.83. The summed E-state index contributed by atoms with van der Waals surface area (Å²) in [4.78, 5) is 11.7. The summed E-state index contributed by atoms with van der Waals surface area (Å²) in [6.07, 6.45) is 2.01. The fourth-order valence-electron chi connectivity index (χ4n) is 1.69. The van der Waals surface area contributed by atoms with Gasteiger partial charge in [-0.1, -0.05) is 13.3 Å². The standard InChI is InChI=1S/C13H18BrFN2O/c1-3-4-9(16)6-13(18)17-12-7-11(15)10(14)5-8(12)2/h5,7,9H,3-4,6,16H2,1-2H3,(H,17,18). The number of nitrogens with two attached hydrogens (primary N) is 1. The zero-order valence-corrected chi connectivity index (χ0v) is 12.2. The van der Waals surface area contributed by atoms with E-state index in [4.69, 9.17) is 5.73 Å². The van der Waals surface area contributed by atoms with Crippen LogP contribution in [0.15, 0.2) is 16.6 Å². The Bertz CT molecular complexity index is 437. The molecule has 0 radical (unpaired) electrons. The number of aryl methyl sites for hydroxylation is 1. The largest absolute Gasteiger partial charge is 0.327 e. The third kappa shape index (κ3) is 4.38. The second kappa shape index (κ2) is 6.85. The van der Waals surface area contributed by atoms with Gasteiger partial charge in [0.15, 0.2) is 0 Å². The molecule has 1 aromatic carbocycles. The molecule has 1 amide bonds. The lowest BCUT2D eigenvalue weighted by molar-refractivity contribution is -0.116. The molecule has 1 atom stereocenters. The molecule has 0 aliphatic carbocycles. The van der Waals surface area contributed by atoms with E-state index in [1.54, 1.807) is 6.07 Å². The second-order valence-electron chi connectivity index (χ2n) is 4.38. The van der Waals surface area contributed by atoms with Crippen molar-refractivity contribution in [2.75, 3.05) is 5.32 Å². The lowest BCUT2D eigenvalue weighted by Crippen LogP contribution is -2.27. The molecule has 5 heteroatoms. The van der Waals surface area contributed by atoms with Gasteiger partial charge in [-0.2, -0.15) is 0 Å². The van der Waals surface area contributed by atoms with Gasteiger partial charge < -0.3 is 11.1 Å². The molecule has 1 aromatic rings. The minimum atomic E-state index is -0.395. The van der Waals surface area contributed by atoms with Crippen LogP contribution in [0.1, 0.15) is 31.7 Å². The number of carbonyl (C=O) groups excluding carboxylic acids is 1. The van der Waals surface area contributed by atoms with Crippen LogP contribution in [0.25, 0.3) is 0 Å². The Morgan fingerprint density at radius 1 is 1.56 bits per heavy atom. The van der Waals surface area contributed by atoms with Crippen molar-refractivity contribution in [3.05, 3.63) is 28.0 Å². The van der Waals surface area contributed by atoms with E-state index in [9.17, 15) is 9.18 Å². The summed E-state index contributed by atoms with van der Waals surface area (Å²) in [5.41, 5.74) is 7.08. The average Bonchev–Trinajstić information content (AvgIpc) is 2.26. The third-order valence-corrected chi connectivity index (χ3v) is 3.26. The minimum Gasteiger partial charge on any atom is -0.327 e. The van der Waals surface area contributed by atoms with Gasteiger partial charge in [-0.3, -0.25) is 4.79 Å². The van der Waals surface area contributed by atoms with Crippen molar-refractivity contribution in [1.29, 1.82) is 0 Å². The number of carbonyl (C=O) groups is 1.